The molecule has 0 bridgehead atoms. The molecule has 0 aliphatic heterocycles. The Balaban J connectivity index is 2.67. The van der Waals surface area contributed by atoms with Crippen molar-refractivity contribution in [1.82, 2.24) is 4.98 Å². The van der Waals surface area contributed by atoms with Crippen LogP contribution in [0.15, 0.2) is 24.3 Å². The highest BCUT2D eigenvalue weighted by atomic mass is 35.5. The Morgan fingerprint density at radius 2 is 1.79 bits per heavy atom. The predicted molar refractivity (Wildman–Crippen MR) is 78.8 cm³/mol. The molecule has 1 aromatic carbocycles. The molecule has 0 spiro atoms. The summed E-state index contributed by atoms with van der Waals surface area (Å²) in [6, 6.07) is 9.11. The van der Waals surface area contributed by atoms with Crippen LogP contribution >= 0.6 is 34.8 Å². The Hall–Kier alpha value is -1.27. The summed E-state index contributed by atoms with van der Waals surface area (Å²) in [5.74, 6) is 0. The van der Waals surface area contributed by atoms with E-state index < -0.39 is 0 Å². The average molecular weight is 312 g/mol. The third-order valence-electron chi connectivity index (χ3n) is 2.65. The lowest BCUT2D eigenvalue weighted by Crippen LogP contribution is -1.95. The van der Waals surface area contributed by atoms with Crippen LogP contribution in [0.3, 0.4) is 0 Å². The first kappa shape index (κ1) is 14.1. The highest BCUT2D eigenvalue weighted by Crippen LogP contribution is 2.36. The molecular weight excluding hydrogens is 303 g/mol. The van der Waals surface area contributed by atoms with Crippen molar-refractivity contribution in [1.29, 1.82) is 5.26 Å². The van der Waals surface area contributed by atoms with E-state index in [4.69, 9.17) is 40.1 Å². The van der Waals surface area contributed by atoms with Crippen molar-refractivity contribution in [2.75, 3.05) is 0 Å². The van der Waals surface area contributed by atoms with E-state index in [2.05, 4.69) is 11.1 Å². The largest absolute Gasteiger partial charge is 0.253 e. The molecule has 2 rings (SSSR count). The molecule has 0 N–H and O–H groups in total. The van der Waals surface area contributed by atoms with E-state index in [0.717, 1.165) is 11.3 Å². The second kappa shape index (κ2) is 5.79. The van der Waals surface area contributed by atoms with E-state index in [1.165, 1.54) is 0 Å². The molecule has 0 atom stereocenters. The van der Waals surface area contributed by atoms with Gasteiger partial charge in [-0.05, 0) is 30.7 Å². The first-order valence-corrected chi connectivity index (χ1v) is 6.64. The highest BCUT2D eigenvalue weighted by molar-refractivity contribution is 6.44. The molecule has 1 aromatic heterocycles. The molecule has 1 heterocycles. The molecule has 0 aliphatic carbocycles. The van der Waals surface area contributed by atoms with Crippen LogP contribution in [-0.2, 0) is 6.42 Å². The second-order valence-corrected chi connectivity index (χ2v) is 5.26. The number of aromatic nitrogens is 1. The van der Waals surface area contributed by atoms with Gasteiger partial charge in [0, 0.05) is 11.3 Å². The molecule has 96 valence electrons. The normalized spacial score (nSPS) is 10.3. The van der Waals surface area contributed by atoms with Gasteiger partial charge in [-0.3, -0.25) is 4.98 Å². The molecule has 2 aromatic rings. The van der Waals surface area contributed by atoms with E-state index in [0.29, 0.717) is 26.3 Å². The highest BCUT2D eigenvalue weighted by Gasteiger charge is 2.13. The lowest BCUT2D eigenvalue weighted by atomic mass is 10.0. The Bertz CT molecular complexity index is 675. The number of halogens is 3. The van der Waals surface area contributed by atoms with E-state index in [1.807, 2.05) is 19.1 Å². The zero-order valence-electron chi connectivity index (χ0n) is 10.0. The molecule has 0 fully saturated rings. The van der Waals surface area contributed by atoms with Crippen molar-refractivity contribution in [2.24, 2.45) is 0 Å². The zero-order chi connectivity index (χ0) is 14.0. The fraction of sp³-hybridized carbons (Fsp3) is 0.143. The molecule has 19 heavy (non-hydrogen) atoms. The van der Waals surface area contributed by atoms with Crippen molar-refractivity contribution in [3.05, 3.63) is 50.6 Å². The quantitative estimate of drug-likeness (QED) is 0.725. The van der Waals surface area contributed by atoms with Gasteiger partial charge in [0.25, 0.3) is 0 Å². The minimum Gasteiger partial charge on any atom is -0.253 e. The average Bonchev–Trinajstić information content (AvgIpc) is 2.36. The molecule has 2 nitrogen and oxygen atoms in total. The summed E-state index contributed by atoms with van der Waals surface area (Å²) in [6.45, 7) is 1.88. The van der Waals surface area contributed by atoms with Crippen LogP contribution in [0.1, 0.15) is 11.3 Å². The summed E-state index contributed by atoms with van der Waals surface area (Å²) in [4.78, 5) is 4.46. The minimum absolute atomic E-state index is 0.263. The monoisotopic (exact) mass is 310 g/mol. The van der Waals surface area contributed by atoms with Gasteiger partial charge >= 0.3 is 0 Å². The van der Waals surface area contributed by atoms with Gasteiger partial charge in [-0.25, -0.2) is 0 Å². The number of nitriles is 1. The number of rotatable bonds is 2. The molecule has 0 aliphatic rings. The number of aryl methyl sites for hydroxylation is 1. The standard InChI is InChI=1S/C14H9Cl3N2/c1-8-2-3-9(4-5-18)14(19-8)10-6-12(16)13(17)7-11(10)15/h2-3,6-7H,4H2,1H3. The summed E-state index contributed by atoms with van der Waals surface area (Å²) in [6.07, 6.45) is 0.263. The van der Waals surface area contributed by atoms with Gasteiger partial charge in [-0.15, -0.1) is 0 Å². The van der Waals surface area contributed by atoms with Crippen LogP contribution in [0.25, 0.3) is 11.3 Å². The number of benzene rings is 1. The van der Waals surface area contributed by atoms with Gasteiger partial charge in [0.05, 0.1) is 33.3 Å². The number of hydrogen-bond donors (Lipinski definition) is 0. The van der Waals surface area contributed by atoms with Crippen LogP contribution in [0.4, 0.5) is 0 Å². The van der Waals surface area contributed by atoms with E-state index >= 15 is 0 Å². The van der Waals surface area contributed by atoms with Crippen molar-refractivity contribution >= 4 is 34.8 Å². The maximum atomic E-state index is 8.87. The Labute approximate surface area is 126 Å². The second-order valence-electron chi connectivity index (χ2n) is 4.04. The van der Waals surface area contributed by atoms with Crippen LogP contribution < -0.4 is 0 Å². The van der Waals surface area contributed by atoms with E-state index in [-0.39, 0.29) is 6.42 Å². The summed E-state index contributed by atoms with van der Waals surface area (Å²) in [5.41, 5.74) is 3.02. The first-order valence-electron chi connectivity index (χ1n) is 5.51. The molecule has 0 amide bonds. The minimum atomic E-state index is 0.263. The first-order chi connectivity index (χ1) is 9.02. The predicted octanol–water partition coefficient (Wildman–Crippen LogP) is 5.08. The van der Waals surface area contributed by atoms with Gasteiger partial charge in [0.1, 0.15) is 0 Å². The third-order valence-corrected chi connectivity index (χ3v) is 3.69. The topological polar surface area (TPSA) is 36.7 Å². The van der Waals surface area contributed by atoms with E-state index in [9.17, 15) is 0 Å². The molecule has 0 saturated heterocycles. The zero-order valence-corrected chi connectivity index (χ0v) is 12.3. The fourth-order valence-corrected chi connectivity index (χ4v) is 2.39. The van der Waals surface area contributed by atoms with Gasteiger partial charge in [0.2, 0.25) is 0 Å². The third kappa shape index (κ3) is 3.01. The summed E-state index contributed by atoms with van der Waals surface area (Å²) in [5, 5.41) is 10.1. The lowest BCUT2D eigenvalue weighted by molar-refractivity contribution is 1.14. The maximum absolute atomic E-state index is 8.87. The molecule has 0 saturated carbocycles. The molecule has 0 radical (unpaired) electrons. The Morgan fingerprint density at radius 3 is 2.47 bits per heavy atom. The number of nitrogens with zero attached hydrogens (tertiary/aromatic N) is 2. The van der Waals surface area contributed by atoms with Gasteiger partial charge in [-0.2, -0.15) is 5.26 Å². The fourth-order valence-electron chi connectivity index (χ4n) is 1.75. The Morgan fingerprint density at radius 1 is 1.11 bits per heavy atom. The van der Waals surface area contributed by atoms with Crippen molar-refractivity contribution in [3.8, 4) is 17.3 Å². The summed E-state index contributed by atoms with van der Waals surface area (Å²) >= 11 is 18.1. The molecule has 5 heteroatoms. The van der Waals surface area contributed by atoms with Gasteiger partial charge in [0.15, 0.2) is 0 Å². The van der Waals surface area contributed by atoms with Gasteiger partial charge in [-0.1, -0.05) is 40.9 Å². The maximum Gasteiger partial charge on any atom is 0.0763 e. The summed E-state index contributed by atoms with van der Waals surface area (Å²) < 4.78 is 0. The lowest BCUT2D eigenvalue weighted by Gasteiger charge is -2.10. The Kier molecular flexibility index (Phi) is 4.31. The summed E-state index contributed by atoms with van der Waals surface area (Å²) in [7, 11) is 0. The smallest absolute Gasteiger partial charge is 0.0763 e. The van der Waals surface area contributed by atoms with Crippen LogP contribution in [0.2, 0.25) is 15.1 Å². The molecular formula is C14H9Cl3N2. The number of hydrogen-bond acceptors (Lipinski definition) is 2. The van der Waals surface area contributed by atoms with Gasteiger partial charge < -0.3 is 0 Å². The van der Waals surface area contributed by atoms with Crippen LogP contribution in [0.5, 0.6) is 0 Å². The van der Waals surface area contributed by atoms with Crippen molar-refractivity contribution in [3.63, 3.8) is 0 Å². The SMILES string of the molecule is Cc1ccc(CC#N)c(-c2cc(Cl)c(Cl)cc2Cl)n1. The molecule has 0 unspecified atom stereocenters. The van der Waals surface area contributed by atoms with Crippen LogP contribution in [-0.4, -0.2) is 4.98 Å². The van der Waals surface area contributed by atoms with Crippen LogP contribution in [0, 0.1) is 18.3 Å². The van der Waals surface area contributed by atoms with Crippen molar-refractivity contribution in [2.45, 2.75) is 13.3 Å². The van der Waals surface area contributed by atoms with Crippen molar-refractivity contribution < 1.29 is 0 Å². The van der Waals surface area contributed by atoms with E-state index in [1.54, 1.807) is 12.1 Å². The number of pyridine rings is 1.